The first-order valence-corrected chi connectivity index (χ1v) is 11.3. The van der Waals surface area contributed by atoms with Gasteiger partial charge in [-0.25, -0.2) is 0 Å². The Balaban J connectivity index is 0.00000300. The number of halogens is 1. The molecule has 2 saturated carbocycles. The molecule has 1 heterocycles. The minimum absolute atomic E-state index is 0. The van der Waals surface area contributed by atoms with Gasteiger partial charge in [-0.15, -0.1) is 24.0 Å². The highest BCUT2D eigenvalue weighted by atomic mass is 127. The monoisotopic (exact) mass is 521 g/mol. The van der Waals surface area contributed by atoms with Crippen LogP contribution in [0.5, 0.6) is 0 Å². The molecule has 0 bridgehead atoms. The summed E-state index contributed by atoms with van der Waals surface area (Å²) in [5.41, 5.74) is 0. The van der Waals surface area contributed by atoms with E-state index in [0.29, 0.717) is 11.9 Å². The van der Waals surface area contributed by atoms with Crippen LogP contribution in [0.25, 0.3) is 0 Å². The number of guanidine groups is 1. The third-order valence-corrected chi connectivity index (χ3v) is 6.19. The van der Waals surface area contributed by atoms with Crippen LogP contribution in [0, 0.1) is 5.92 Å². The maximum atomic E-state index is 12.6. The predicted octanol–water partition coefficient (Wildman–Crippen LogP) is 2.06. The summed E-state index contributed by atoms with van der Waals surface area (Å²) in [5.74, 6) is 1.54. The van der Waals surface area contributed by atoms with Gasteiger partial charge in [0.1, 0.15) is 0 Å². The van der Waals surface area contributed by atoms with Gasteiger partial charge in [0.15, 0.2) is 5.96 Å². The summed E-state index contributed by atoms with van der Waals surface area (Å²) in [6, 6.07) is 1.03. The Labute approximate surface area is 193 Å². The summed E-state index contributed by atoms with van der Waals surface area (Å²) < 4.78 is 5.24. The maximum absolute atomic E-state index is 12.6. The summed E-state index contributed by atoms with van der Waals surface area (Å²) in [7, 11) is 1.76. The van der Waals surface area contributed by atoms with Gasteiger partial charge >= 0.3 is 0 Å². The minimum Gasteiger partial charge on any atom is -0.383 e. The van der Waals surface area contributed by atoms with E-state index in [1.54, 1.807) is 7.11 Å². The first-order chi connectivity index (χ1) is 13.7. The van der Waals surface area contributed by atoms with Gasteiger partial charge in [-0.2, -0.15) is 0 Å². The van der Waals surface area contributed by atoms with Crippen molar-refractivity contribution in [3.8, 4) is 0 Å². The van der Waals surface area contributed by atoms with Crippen molar-refractivity contribution < 1.29 is 9.53 Å². The number of carbonyl (C=O) groups excluding carboxylic acids is 1. The minimum atomic E-state index is 0. The van der Waals surface area contributed by atoms with Crippen LogP contribution in [0.1, 0.15) is 51.9 Å². The number of ether oxygens (including phenoxy) is 1. The zero-order valence-electron chi connectivity index (χ0n) is 18.2. The van der Waals surface area contributed by atoms with Gasteiger partial charge in [0.2, 0.25) is 5.91 Å². The van der Waals surface area contributed by atoms with Gasteiger partial charge in [0.05, 0.1) is 13.2 Å². The van der Waals surface area contributed by atoms with Crippen LogP contribution < -0.4 is 10.6 Å². The third kappa shape index (κ3) is 7.86. The Hall–Kier alpha value is -0.610. The number of hydrogen-bond donors (Lipinski definition) is 2. The van der Waals surface area contributed by atoms with Crippen LogP contribution in [-0.2, 0) is 9.53 Å². The van der Waals surface area contributed by atoms with Crippen LogP contribution in [0.3, 0.4) is 0 Å². The normalized spacial score (nSPS) is 22.8. The molecule has 168 valence electrons. The van der Waals surface area contributed by atoms with Gasteiger partial charge < -0.3 is 20.3 Å². The average molecular weight is 521 g/mol. The molecule has 0 radical (unpaired) electrons. The van der Waals surface area contributed by atoms with Crippen LogP contribution in [0.15, 0.2) is 4.99 Å². The Morgan fingerprint density at radius 2 is 1.93 bits per heavy atom. The summed E-state index contributed by atoms with van der Waals surface area (Å²) >= 11 is 0. The Morgan fingerprint density at radius 3 is 2.59 bits per heavy atom. The number of nitrogens with one attached hydrogen (secondary N) is 2. The molecule has 0 aromatic rings. The van der Waals surface area contributed by atoms with E-state index in [1.807, 2.05) is 0 Å². The van der Waals surface area contributed by atoms with Gasteiger partial charge in [-0.05, 0) is 39.0 Å². The van der Waals surface area contributed by atoms with E-state index < -0.39 is 0 Å². The van der Waals surface area contributed by atoms with E-state index in [0.717, 1.165) is 77.1 Å². The molecule has 0 aromatic heterocycles. The van der Waals surface area contributed by atoms with Crippen molar-refractivity contribution in [1.82, 2.24) is 20.4 Å². The topological polar surface area (TPSA) is 69.2 Å². The predicted molar refractivity (Wildman–Crippen MR) is 128 cm³/mol. The zero-order chi connectivity index (χ0) is 19.8. The van der Waals surface area contributed by atoms with Crippen molar-refractivity contribution in [3.05, 3.63) is 0 Å². The molecule has 0 spiro atoms. The van der Waals surface area contributed by atoms with Crippen molar-refractivity contribution >= 4 is 35.8 Å². The van der Waals surface area contributed by atoms with Crippen molar-refractivity contribution in [3.63, 3.8) is 0 Å². The first kappa shape index (κ1) is 24.7. The second kappa shape index (κ2) is 12.9. The van der Waals surface area contributed by atoms with Crippen molar-refractivity contribution in [1.29, 1.82) is 0 Å². The quantitative estimate of drug-likeness (QED) is 0.262. The fourth-order valence-electron chi connectivity index (χ4n) is 4.44. The number of nitrogens with zero attached hydrogens (tertiary/aromatic N) is 3. The van der Waals surface area contributed by atoms with Crippen LogP contribution in [-0.4, -0.2) is 86.7 Å². The zero-order valence-corrected chi connectivity index (χ0v) is 20.5. The lowest BCUT2D eigenvalue weighted by Crippen LogP contribution is -2.45. The SMILES string of the molecule is CCNC(=NCCN(CCOC)C1CC1)NC1CCN(C(=O)C2CCCC2)C1.I. The maximum Gasteiger partial charge on any atom is 0.225 e. The number of likely N-dealkylation sites (tertiary alicyclic amines) is 1. The van der Waals surface area contributed by atoms with Crippen molar-refractivity contribution in [2.24, 2.45) is 10.9 Å². The molecule has 1 unspecified atom stereocenters. The fraction of sp³-hybridized carbons (Fsp3) is 0.905. The molecule has 3 aliphatic rings. The highest BCUT2D eigenvalue weighted by Crippen LogP contribution is 2.28. The molecule has 3 rings (SSSR count). The molecular formula is C21H40IN5O2. The fourth-order valence-corrected chi connectivity index (χ4v) is 4.44. The summed E-state index contributed by atoms with van der Waals surface area (Å²) in [6.07, 6.45) is 8.20. The standard InChI is InChI=1S/C21H39N5O2.HI/c1-3-22-21(23-11-13-25(14-15-28-2)19-8-9-19)24-18-10-12-26(16-18)20(27)17-6-4-5-7-17;/h17-19H,3-16H2,1-2H3,(H2,22,23,24);1H. The van der Waals surface area contributed by atoms with Gasteiger partial charge in [0.25, 0.3) is 0 Å². The summed E-state index contributed by atoms with van der Waals surface area (Å²) in [4.78, 5) is 22.0. The molecular weight excluding hydrogens is 481 g/mol. The van der Waals surface area contributed by atoms with E-state index in [-0.39, 0.29) is 29.9 Å². The molecule has 1 aliphatic heterocycles. The molecule has 2 aliphatic carbocycles. The first-order valence-electron chi connectivity index (χ1n) is 11.3. The number of aliphatic imine (C=N–C) groups is 1. The molecule has 0 aromatic carbocycles. The Bertz CT molecular complexity index is 523. The second-order valence-electron chi connectivity index (χ2n) is 8.42. The summed E-state index contributed by atoms with van der Waals surface area (Å²) in [5, 5.41) is 6.92. The van der Waals surface area contributed by atoms with Crippen LogP contribution in [0.4, 0.5) is 0 Å². The number of amides is 1. The van der Waals surface area contributed by atoms with Crippen molar-refractivity contribution in [2.75, 3.05) is 53.0 Å². The highest BCUT2D eigenvalue weighted by molar-refractivity contribution is 14.0. The van der Waals surface area contributed by atoms with E-state index in [2.05, 4.69) is 27.4 Å². The van der Waals surface area contributed by atoms with E-state index >= 15 is 0 Å². The molecule has 8 heteroatoms. The van der Waals surface area contributed by atoms with Gasteiger partial charge in [-0.3, -0.25) is 14.7 Å². The van der Waals surface area contributed by atoms with Crippen molar-refractivity contribution in [2.45, 2.75) is 64.0 Å². The lowest BCUT2D eigenvalue weighted by molar-refractivity contribution is -0.134. The van der Waals surface area contributed by atoms with Crippen LogP contribution >= 0.6 is 24.0 Å². The number of methoxy groups -OCH3 is 1. The average Bonchev–Trinajstić information content (AvgIpc) is 3.19. The molecule has 1 amide bonds. The lowest BCUT2D eigenvalue weighted by Gasteiger charge is -2.22. The number of rotatable bonds is 10. The molecule has 29 heavy (non-hydrogen) atoms. The second-order valence-corrected chi connectivity index (χ2v) is 8.42. The molecule has 3 fully saturated rings. The molecule has 2 N–H and O–H groups in total. The highest BCUT2D eigenvalue weighted by Gasteiger charge is 2.32. The number of carbonyl (C=O) groups is 1. The Kier molecular flexibility index (Phi) is 11.0. The smallest absolute Gasteiger partial charge is 0.225 e. The molecule has 1 saturated heterocycles. The van der Waals surface area contributed by atoms with Gasteiger partial charge in [-0.1, -0.05) is 12.8 Å². The molecule has 7 nitrogen and oxygen atoms in total. The van der Waals surface area contributed by atoms with E-state index in [4.69, 9.17) is 9.73 Å². The van der Waals surface area contributed by atoms with E-state index in [9.17, 15) is 4.79 Å². The summed E-state index contributed by atoms with van der Waals surface area (Å²) in [6.45, 7) is 8.15. The third-order valence-electron chi connectivity index (χ3n) is 6.19. The Morgan fingerprint density at radius 1 is 1.17 bits per heavy atom. The molecule has 1 atom stereocenters. The van der Waals surface area contributed by atoms with E-state index in [1.165, 1.54) is 25.7 Å². The number of hydrogen-bond acceptors (Lipinski definition) is 4. The van der Waals surface area contributed by atoms with Crippen LogP contribution in [0.2, 0.25) is 0 Å². The lowest BCUT2D eigenvalue weighted by atomic mass is 10.1. The van der Waals surface area contributed by atoms with Gasteiger partial charge in [0, 0.05) is 57.8 Å². The largest absolute Gasteiger partial charge is 0.383 e.